The molecule has 0 amide bonds. The second kappa shape index (κ2) is 6.62. The number of benzene rings is 1. The molecule has 0 saturated carbocycles. The number of thiocarbonyl (C=S) groups is 1. The second-order valence-corrected chi connectivity index (χ2v) is 5.96. The Labute approximate surface area is 138 Å². The van der Waals surface area contributed by atoms with Gasteiger partial charge in [0, 0.05) is 16.3 Å². The molecule has 0 aliphatic carbocycles. The van der Waals surface area contributed by atoms with Crippen LogP contribution in [0.1, 0.15) is 25.5 Å². The van der Waals surface area contributed by atoms with Crippen molar-refractivity contribution in [2.45, 2.75) is 19.9 Å². The van der Waals surface area contributed by atoms with E-state index in [0.717, 1.165) is 0 Å². The topological polar surface area (TPSA) is 50.4 Å². The summed E-state index contributed by atoms with van der Waals surface area (Å²) in [7, 11) is 1.28. The summed E-state index contributed by atoms with van der Waals surface area (Å²) in [5.41, 5.74) is 1.05. The van der Waals surface area contributed by atoms with Crippen LogP contribution in [0.25, 0.3) is 0 Å². The van der Waals surface area contributed by atoms with Crippen LogP contribution in [-0.2, 0) is 9.53 Å². The molecule has 1 aliphatic heterocycles. The summed E-state index contributed by atoms with van der Waals surface area (Å²) in [6, 6.07) is 3.56. The molecule has 1 aromatic carbocycles. The van der Waals surface area contributed by atoms with Gasteiger partial charge in [-0.1, -0.05) is 31.5 Å². The van der Waals surface area contributed by atoms with Crippen LogP contribution < -0.4 is 10.6 Å². The van der Waals surface area contributed by atoms with E-state index in [4.69, 9.17) is 28.6 Å². The third-order valence-electron chi connectivity index (χ3n) is 3.37. The first-order valence-electron chi connectivity index (χ1n) is 6.70. The van der Waals surface area contributed by atoms with Gasteiger partial charge in [0.2, 0.25) is 0 Å². The van der Waals surface area contributed by atoms with E-state index in [1.54, 1.807) is 6.07 Å². The zero-order valence-corrected chi connectivity index (χ0v) is 13.9. The average Bonchev–Trinajstić information content (AvgIpc) is 2.45. The molecule has 118 valence electrons. The van der Waals surface area contributed by atoms with Gasteiger partial charge in [-0.2, -0.15) is 0 Å². The number of nitrogens with one attached hydrogen (secondary N) is 2. The van der Waals surface area contributed by atoms with Crippen LogP contribution in [0, 0.1) is 11.7 Å². The Bertz CT molecular complexity index is 641. The van der Waals surface area contributed by atoms with Crippen LogP contribution in [-0.4, -0.2) is 18.2 Å². The van der Waals surface area contributed by atoms with Crippen molar-refractivity contribution < 1.29 is 13.9 Å². The second-order valence-electron chi connectivity index (χ2n) is 5.14. The zero-order valence-electron chi connectivity index (χ0n) is 12.4. The zero-order chi connectivity index (χ0) is 16.4. The van der Waals surface area contributed by atoms with E-state index in [1.807, 2.05) is 13.8 Å². The molecule has 0 unspecified atom stereocenters. The van der Waals surface area contributed by atoms with Crippen LogP contribution in [0.5, 0.6) is 0 Å². The number of halogens is 2. The van der Waals surface area contributed by atoms with Crippen molar-refractivity contribution in [3.63, 3.8) is 0 Å². The predicted molar refractivity (Wildman–Crippen MR) is 86.9 cm³/mol. The fraction of sp³-hybridized carbons (Fsp3) is 0.333. The van der Waals surface area contributed by atoms with E-state index in [1.165, 1.54) is 19.2 Å². The summed E-state index contributed by atoms with van der Waals surface area (Å²) in [5, 5.41) is 6.38. The molecule has 0 radical (unpaired) electrons. The lowest BCUT2D eigenvalue weighted by atomic mass is 9.91. The first-order chi connectivity index (χ1) is 10.4. The lowest BCUT2D eigenvalue weighted by molar-refractivity contribution is -0.136. The van der Waals surface area contributed by atoms with Crippen molar-refractivity contribution in [1.82, 2.24) is 10.6 Å². The molecule has 1 aliphatic rings. The van der Waals surface area contributed by atoms with Gasteiger partial charge >= 0.3 is 5.97 Å². The Balaban J connectivity index is 2.68. The minimum atomic E-state index is -0.799. The number of methoxy groups -OCH3 is 1. The van der Waals surface area contributed by atoms with Crippen molar-refractivity contribution in [1.29, 1.82) is 0 Å². The highest BCUT2D eigenvalue weighted by molar-refractivity contribution is 7.80. The Morgan fingerprint density at radius 2 is 2.14 bits per heavy atom. The normalized spacial score (nSPS) is 18.1. The van der Waals surface area contributed by atoms with Gasteiger partial charge in [-0.3, -0.25) is 0 Å². The number of carbonyl (C=O) groups is 1. The Kier molecular flexibility index (Phi) is 5.03. The summed E-state index contributed by atoms with van der Waals surface area (Å²) in [5.74, 6) is -1.10. The van der Waals surface area contributed by atoms with Crippen LogP contribution in [0.2, 0.25) is 5.02 Å². The van der Waals surface area contributed by atoms with Crippen LogP contribution in [0.3, 0.4) is 0 Å². The van der Waals surface area contributed by atoms with Crippen molar-refractivity contribution in [3.05, 3.63) is 45.9 Å². The van der Waals surface area contributed by atoms with Gasteiger partial charge in [0.05, 0.1) is 18.7 Å². The molecule has 2 rings (SSSR count). The van der Waals surface area contributed by atoms with Gasteiger partial charge in [0.25, 0.3) is 0 Å². The molecule has 7 heteroatoms. The van der Waals surface area contributed by atoms with Crippen molar-refractivity contribution >= 4 is 34.9 Å². The number of ether oxygens (including phenoxy) is 1. The molecule has 0 bridgehead atoms. The van der Waals surface area contributed by atoms with E-state index >= 15 is 0 Å². The molecule has 0 fully saturated rings. The number of esters is 1. The molecular weight excluding hydrogens is 327 g/mol. The van der Waals surface area contributed by atoms with Gasteiger partial charge in [0.15, 0.2) is 5.11 Å². The number of carbonyl (C=O) groups excluding carboxylic acids is 1. The summed E-state index contributed by atoms with van der Waals surface area (Å²) in [4.78, 5) is 12.2. The quantitative estimate of drug-likeness (QED) is 0.653. The maximum Gasteiger partial charge on any atom is 0.337 e. The number of hydrogen-bond donors (Lipinski definition) is 2. The minimum Gasteiger partial charge on any atom is -0.466 e. The maximum absolute atomic E-state index is 14.3. The Morgan fingerprint density at radius 1 is 1.45 bits per heavy atom. The molecule has 1 atom stereocenters. The molecule has 22 heavy (non-hydrogen) atoms. The van der Waals surface area contributed by atoms with Crippen LogP contribution in [0.15, 0.2) is 29.5 Å². The van der Waals surface area contributed by atoms with Crippen LogP contribution >= 0.6 is 23.8 Å². The summed E-state index contributed by atoms with van der Waals surface area (Å²) >= 11 is 11.3. The number of allylic oxidation sites excluding steroid dienone is 1. The summed E-state index contributed by atoms with van der Waals surface area (Å²) in [6.45, 7) is 3.80. The standard InChI is InChI=1S/C15H16ClFN2O2S/c1-7(2)12-11(14(20)21-3)13(19-15(22)18-12)10-8(16)5-4-6-9(10)17/h4-7,13H,1-3H3,(H2,18,19,22)/t13-/m1/s1. The number of rotatable bonds is 3. The third kappa shape index (κ3) is 3.08. The molecule has 0 spiro atoms. The Hall–Kier alpha value is -1.66. The highest BCUT2D eigenvalue weighted by Gasteiger charge is 2.35. The van der Waals surface area contributed by atoms with E-state index < -0.39 is 17.8 Å². The molecular formula is C15H16ClFN2O2S. The number of hydrogen-bond acceptors (Lipinski definition) is 3. The van der Waals surface area contributed by atoms with Crippen molar-refractivity contribution in [3.8, 4) is 0 Å². The molecule has 2 N–H and O–H groups in total. The smallest absolute Gasteiger partial charge is 0.337 e. The van der Waals surface area contributed by atoms with Gasteiger partial charge < -0.3 is 15.4 Å². The monoisotopic (exact) mass is 342 g/mol. The van der Waals surface area contributed by atoms with Gasteiger partial charge in [-0.05, 0) is 30.3 Å². The molecule has 0 aromatic heterocycles. The average molecular weight is 343 g/mol. The van der Waals surface area contributed by atoms with Crippen molar-refractivity contribution in [2.75, 3.05) is 7.11 Å². The molecule has 1 aromatic rings. The van der Waals surface area contributed by atoms with E-state index in [0.29, 0.717) is 10.8 Å². The largest absolute Gasteiger partial charge is 0.466 e. The molecule has 1 heterocycles. The highest BCUT2D eigenvalue weighted by atomic mass is 35.5. The SMILES string of the molecule is COC(=O)C1=C(C(C)C)NC(=S)N[C@@H]1c1c(F)cccc1Cl. The lowest BCUT2D eigenvalue weighted by Crippen LogP contribution is -2.47. The summed E-state index contributed by atoms with van der Waals surface area (Å²) < 4.78 is 19.1. The lowest BCUT2D eigenvalue weighted by Gasteiger charge is -2.32. The van der Waals surface area contributed by atoms with E-state index in [2.05, 4.69) is 10.6 Å². The third-order valence-corrected chi connectivity index (χ3v) is 3.92. The molecule has 4 nitrogen and oxygen atoms in total. The molecule has 0 saturated heterocycles. The first kappa shape index (κ1) is 16.7. The van der Waals surface area contributed by atoms with Crippen LogP contribution in [0.4, 0.5) is 4.39 Å². The summed E-state index contributed by atoms with van der Waals surface area (Å²) in [6.07, 6.45) is 0. The van der Waals surface area contributed by atoms with Gasteiger partial charge in [0.1, 0.15) is 5.82 Å². The van der Waals surface area contributed by atoms with Gasteiger partial charge in [-0.15, -0.1) is 0 Å². The fourth-order valence-corrected chi connectivity index (χ4v) is 2.88. The maximum atomic E-state index is 14.3. The van der Waals surface area contributed by atoms with Crippen molar-refractivity contribution in [2.24, 2.45) is 5.92 Å². The van der Waals surface area contributed by atoms with E-state index in [9.17, 15) is 9.18 Å². The predicted octanol–water partition coefficient (Wildman–Crippen LogP) is 3.08. The van der Waals surface area contributed by atoms with Gasteiger partial charge in [-0.25, -0.2) is 9.18 Å². The fourth-order valence-electron chi connectivity index (χ4n) is 2.38. The Morgan fingerprint density at radius 3 is 2.68 bits per heavy atom. The first-order valence-corrected chi connectivity index (χ1v) is 7.49. The highest BCUT2D eigenvalue weighted by Crippen LogP contribution is 2.35. The van der Waals surface area contributed by atoms with E-state index in [-0.39, 0.29) is 22.1 Å². The minimum absolute atomic E-state index is 0.0257.